The average Bonchev–Trinajstić information content (AvgIpc) is 2.84. The molecule has 1 aliphatic heterocycles. The smallest absolute Gasteiger partial charge is 0.143 e. The van der Waals surface area contributed by atoms with Crippen molar-refractivity contribution in [2.75, 3.05) is 18.0 Å². The van der Waals surface area contributed by atoms with Crippen molar-refractivity contribution >= 4 is 16.6 Å². The number of anilines is 1. The average molecular weight is 241 g/mol. The number of aliphatic hydroxyl groups excluding tert-OH is 1. The highest BCUT2D eigenvalue weighted by Crippen LogP contribution is 2.27. The summed E-state index contributed by atoms with van der Waals surface area (Å²) >= 11 is 0. The standard InChI is InChI=1S/C13H12N4O/c14-6-10-5-9-7-15-3-1-12(9)13(16-10)17-4-2-11(18)8-17/h1,3,5,7,11,18H,2,4,8H2/t11-/m1/s1/i3D. The number of hydrogen-bond acceptors (Lipinski definition) is 5. The Morgan fingerprint density at radius 1 is 1.61 bits per heavy atom. The third-order valence-electron chi connectivity index (χ3n) is 3.13. The lowest BCUT2D eigenvalue weighted by Crippen LogP contribution is -2.22. The lowest BCUT2D eigenvalue weighted by atomic mass is 10.2. The molecule has 0 amide bonds. The number of rotatable bonds is 1. The predicted molar refractivity (Wildman–Crippen MR) is 67.1 cm³/mol. The Morgan fingerprint density at radius 2 is 2.50 bits per heavy atom. The van der Waals surface area contributed by atoms with Gasteiger partial charge in [-0.1, -0.05) is 0 Å². The SMILES string of the molecule is [2H]c1cc2c(N3CC[C@@H](O)C3)nc(C#N)cc2cn1. The van der Waals surface area contributed by atoms with Crippen LogP contribution in [-0.4, -0.2) is 34.3 Å². The second kappa shape index (κ2) is 4.24. The van der Waals surface area contributed by atoms with Crippen molar-refractivity contribution in [3.8, 4) is 6.07 Å². The molecular formula is C13H12N4O. The maximum absolute atomic E-state index is 9.63. The van der Waals surface area contributed by atoms with Gasteiger partial charge in [-0.05, 0) is 18.6 Å². The van der Waals surface area contributed by atoms with E-state index in [0.717, 1.165) is 10.8 Å². The molecule has 0 bridgehead atoms. The van der Waals surface area contributed by atoms with Crippen LogP contribution in [0.2, 0.25) is 0 Å². The van der Waals surface area contributed by atoms with Gasteiger partial charge in [0.2, 0.25) is 0 Å². The van der Waals surface area contributed by atoms with Gasteiger partial charge in [-0.25, -0.2) is 4.98 Å². The van der Waals surface area contributed by atoms with Gasteiger partial charge in [0, 0.05) is 36.2 Å². The highest BCUT2D eigenvalue weighted by molar-refractivity contribution is 5.92. The zero-order valence-electron chi connectivity index (χ0n) is 10.7. The van der Waals surface area contributed by atoms with Crippen molar-refractivity contribution in [2.24, 2.45) is 0 Å². The summed E-state index contributed by atoms with van der Waals surface area (Å²) in [5.41, 5.74) is 0.323. The highest BCUT2D eigenvalue weighted by atomic mass is 16.3. The molecule has 1 N–H and O–H groups in total. The molecule has 1 fully saturated rings. The Labute approximate surface area is 106 Å². The minimum Gasteiger partial charge on any atom is -0.391 e. The van der Waals surface area contributed by atoms with Crippen molar-refractivity contribution < 1.29 is 6.48 Å². The quantitative estimate of drug-likeness (QED) is 0.808. The fourth-order valence-corrected chi connectivity index (χ4v) is 2.26. The van der Waals surface area contributed by atoms with E-state index in [1.54, 1.807) is 18.3 Å². The van der Waals surface area contributed by atoms with E-state index in [4.69, 9.17) is 6.63 Å². The minimum absolute atomic E-state index is 0.167. The molecule has 5 nitrogen and oxygen atoms in total. The molecule has 5 heteroatoms. The van der Waals surface area contributed by atoms with Gasteiger partial charge in [-0.2, -0.15) is 5.26 Å². The van der Waals surface area contributed by atoms with Crippen LogP contribution in [0, 0.1) is 11.3 Å². The van der Waals surface area contributed by atoms with Crippen LogP contribution in [-0.2, 0) is 0 Å². The number of β-amino-alcohol motifs (C(OH)–C–C–N with tert-alkyl or cyclic N) is 1. The molecule has 1 saturated heterocycles. The van der Waals surface area contributed by atoms with Gasteiger partial charge in [-0.15, -0.1) is 0 Å². The van der Waals surface area contributed by atoms with Crippen molar-refractivity contribution in [1.82, 2.24) is 9.97 Å². The van der Waals surface area contributed by atoms with Crippen molar-refractivity contribution in [1.29, 1.82) is 5.26 Å². The van der Waals surface area contributed by atoms with Crippen molar-refractivity contribution in [2.45, 2.75) is 12.5 Å². The number of nitrogens with zero attached hydrogens (tertiary/aromatic N) is 4. The molecule has 0 aliphatic carbocycles. The molecule has 0 unspecified atom stereocenters. The number of aliphatic hydroxyl groups is 1. The zero-order chi connectivity index (χ0) is 13.4. The van der Waals surface area contributed by atoms with Crippen LogP contribution in [0.4, 0.5) is 5.82 Å². The summed E-state index contributed by atoms with van der Waals surface area (Å²) in [6, 6.07) is 5.34. The molecule has 3 rings (SSSR count). The van der Waals surface area contributed by atoms with Gasteiger partial charge in [0.1, 0.15) is 17.6 Å². The van der Waals surface area contributed by atoms with Crippen LogP contribution in [0.1, 0.15) is 13.5 Å². The Balaban J connectivity index is 2.20. The third-order valence-corrected chi connectivity index (χ3v) is 3.13. The van der Waals surface area contributed by atoms with E-state index >= 15 is 0 Å². The Bertz CT molecular complexity index is 682. The number of pyridine rings is 2. The van der Waals surface area contributed by atoms with E-state index in [2.05, 4.69) is 9.97 Å². The molecular weight excluding hydrogens is 228 g/mol. The molecule has 18 heavy (non-hydrogen) atoms. The van der Waals surface area contributed by atoms with Crippen molar-refractivity contribution in [3.63, 3.8) is 0 Å². The van der Waals surface area contributed by atoms with Crippen molar-refractivity contribution in [3.05, 3.63) is 30.2 Å². The molecule has 0 spiro atoms. The van der Waals surface area contributed by atoms with Crippen LogP contribution in [0.5, 0.6) is 0 Å². The fraction of sp³-hybridized carbons (Fsp3) is 0.308. The molecule has 2 aromatic rings. The summed E-state index contributed by atoms with van der Waals surface area (Å²) in [7, 11) is 0. The fourth-order valence-electron chi connectivity index (χ4n) is 2.26. The topological polar surface area (TPSA) is 73.0 Å². The second-order valence-electron chi connectivity index (χ2n) is 4.37. The summed E-state index contributed by atoms with van der Waals surface area (Å²) in [4.78, 5) is 10.2. The third kappa shape index (κ3) is 1.77. The van der Waals surface area contributed by atoms with Gasteiger partial charge < -0.3 is 10.0 Å². The molecule has 1 aliphatic rings. The van der Waals surface area contributed by atoms with Crippen LogP contribution in [0.15, 0.2) is 24.5 Å². The van der Waals surface area contributed by atoms with E-state index in [-0.39, 0.29) is 12.3 Å². The van der Waals surface area contributed by atoms with E-state index in [0.29, 0.717) is 31.0 Å². The molecule has 0 radical (unpaired) electrons. The predicted octanol–water partition coefficient (Wildman–Crippen LogP) is 1.07. The largest absolute Gasteiger partial charge is 0.391 e. The first-order chi connectivity index (χ1) is 9.17. The molecule has 1 atom stereocenters. The van der Waals surface area contributed by atoms with Gasteiger partial charge in [-0.3, -0.25) is 4.98 Å². The lowest BCUT2D eigenvalue weighted by Gasteiger charge is -2.18. The number of hydrogen-bond donors (Lipinski definition) is 1. The second-order valence-corrected chi connectivity index (χ2v) is 4.37. The summed E-state index contributed by atoms with van der Waals surface area (Å²) in [5.74, 6) is 0.654. The normalized spacial score (nSPS) is 19.9. The van der Waals surface area contributed by atoms with Gasteiger partial charge >= 0.3 is 0 Å². The van der Waals surface area contributed by atoms with E-state index < -0.39 is 0 Å². The molecule has 2 aromatic heterocycles. The zero-order valence-corrected chi connectivity index (χ0v) is 9.67. The van der Waals surface area contributed by atoms with Gasteiger partial charge in [0.05, 0.1) is 7.47 Å². The summed E-state index contributed by atoms with van der Waals surface area (Å²) in [6.07, 6.45) is 2.08. The van der Waals surface area contributed by atoms with Crippen LogP contribution in [0.25, 0.3) is 10.8 Å². The Morgan fingerprint density at radius 3 is 3.22 bits per heavy atom. The maximum atomic E-state index is 9.63. The minimum atomic E-state index is -0.361. The summed E-state index contributed by atoms with van der Waals surface area (Å²) in [6.45, 7) is 1.21. The first-order valence-electron chi connectivity index (χ1n) is 6.28. The van der Waals surface area contributed by atoms with Crippen LogP contribution < -0.4 is 4.90 Å². The van der Waals surface area contributed by atoms with Crippen LogP contribution in [0.3, 0.4) is 0 Å². The molecule has 90 valence electrons. The monoisotopic (exact) mass is 241 g/mol. The van der Waals surface area contributed by atoms with Gasteiger partial charge in [0.15, 0.2) is 0 Å². The Kier molecular flexibility index (Phi) is 2.31. The number of nitriles is 1. The first-order valence-corrected chi connectivity index (χ1v) is 5.78. The van der Waals surface area contributed by atoms with Gasteiger partial charge in [0.25, 0.3) is 0 Å². The first kappa shape index (κ1) is 9.80. The summed E-state index contributed by atoms with van der Waals surface area (Å²) < 4.78 is 7.61. The highest BCUT2D eigenvalue weighted by Gasteiger charge is 2.23. The van der Waals surface area contributed by atoms with E-state index in [1.807, 2.05) is 11.0 Å². The van der Waals surface area contributed by atoms with E-state index in [1.165, 1.54) is 0 Å². The molecule has 0 aromatic carbocycles. The maximum Gasteiger partial charge on any atom is 0.143 e. The number of fused-ring (bicyclic) bond motifs is 1. The summed E-state index contributed by atoms with van der Waals surface area (Å²) in [5, 5.41) is 20.3. The Hall–Kier alpha value is -2.19. The molecule has 3 heterocycles. The van der Waals surface area contributed by atoms with E-state index in [9.17, 15) is 5.11 Å². The van der Waals surface area contributed by atoms with Crippen LogP contribution >= 0.6 is 0 Å². The number of aromatic nitrogens is 2. The lowest BCUT2D eigenvalue weighted by molar-refractivity contribution is 0.198. The molecule has 0 saturated carbocycles.